The molecule has 2 rings (SSSR count). The minimum absolute atomic E-state index is 0.617. The maximum Gasteiger partial charge on any atom is 0.107 e. The molecule has 96 valence electrons. The highest BCUT2D eigenvalue weighted by Crippen LogP contribution is 2.18. The van der Waals surface area contributed by atoms with Crippen LogP contribution in [0, 0.1) is 0 Å². The fourth-order valence-electron chi connectivity index (χ4n) is 2.25. The molecule has 1 N–H and O–H groups in total. The van der Waals surface area contributed by atoms with Gasteiger partial charge in [-0.1, -0.05) is 13.8 Å². The van der Waals surface area contributed by atoms with E-state index in [-0.39, 0.29) is 0 Å². The Kier molecular flexibility index (Phi) is 4.54. The van der Waals surface area contributed by atoms with Gasteiger partial charge in [0.25, 0.3) is 0 Å². The van der Waals surface area contributed by atoms with Crippen LogP contribution in [0.1, 0.15) is 37.1 Å². The van der Waals surface area contributed by atoms with Crippen molar-refractivity contribution < 1.29 is 0 Å². The lowest BCUT2D eigenvalue weighted by atomic mass is 10.1. The summed E-state index contributed by atoms with van der Waals surface area (Å²) < 4.78 is 0. The van der Waals surface area contributed by atoms with Gasteiger partial charge < -0.3 is 5.32 Å². The highest BCUT2D eigenvalue weighted by molar-refractivity contribution is 7.11. The number of piperazine rings is 1. The maximum absolute atomic E-state index is 4.52. The van der Waals surface area contributed by atoms with Crippen LogP contribution in [0.3, 0.4) is 0 Å². The van der Waals surface area contributed by atoms with Crippen molar-refractivity contribution in [1.29, 1.82) is 0 Å². The Labute approximate surface area is 108 Å². The summed E-state index contributed by atoms with van der Waals surface area (Å²) in [7, 11) is 0. The van der Waals surface area contributed by atoms with Crippen LogP contribution in [0.2, 0.25) is 0 Å². The second-order valence-electron chi connectivity index (χ2n) is 4.87. The lowest BCUT2D eigenvalue weighted by Gasteiger charge is -2.38. The van der Waals surface area contributed by atoms with Gasteiger partial charge >= 0.3 is 0 Å². The lowest BCUT2D eigenvalue weighted by Crippen LogP contribution is -2.54. The molecule has 0 aromatic carbocycles. The quantitative estimate of drug-likeness (QED) is 0.892. The van der Waals surface area contributed by atoms with Crippen molar-refractivity contribution in [2.45, 2.75) is 52.2 Å². The first-order chi connectivity index (χ1) is 8.22. The van der Waals surface area contributed by atoms with Gasteiger partial charge in [-0.05, 0) is 19.8 Å². The Bertz CT molecular complexity index is 350. The molecule has 1 aliphatic rings. The average molecular weight is 253 g/mol. The number of thiazole rings is 1. The molecule has 1 saturated heterocycles. The molecule has 0 saturated carbocycles. The number of nitrogens with zero attached hydrogens (tertiary/aromatic N) is 2. The first-order valence-corrected chi connectivity index (χ1v) is 7.45. The summed E-state index contributed by atoms with van der Waals surface area (Å²) in [4.78, 5) is 8.48. The van der Waals surface area contributed by atoms with E-state index in [0.29, 0.717) is 12.1 Å². The minimum atomic E-state index is 0.617. The van der Waals surface area contributed by atoms with E-state index in [1.54, 1.807) is 0 Å². The first-order valence-electron chi connectivity index (χ1n) is 6.64. The minimum Gasteiger partial charge on any atom is -0.311 e. The number of rotatable bonds is 4. The van der Waals surface area contributed by atoms with Gasteiger partial charge in [-0.3, -0.25) is 4.90 Å². The molecule has 3 nitrogen and oxygen atoms in total. The van der Waals surface area contributed by atoms with Gasteiger partial charge in [0.1, 0.15) is 5.01 Å². The molecule has 17 heavy (non-hydrogen) atoms. The molecule has 0 amide bonds. The van der Waals surface area contributed by atoms with Crippen molar-refractivity contribution in [3.8, 4) is 0 Å². The standard InChI is InChI=1S/C13H23N3S/c1-4-11-8-16(10(3)6-14-11)9-13-15-7-12(5-2)17-13/h7,10-11,14H,4-6,8-9H2,1-3H3. The van der Waals surface area contributed by atoms with E-state index in [0.717, 1.165) is 26.1 Å². The molecule has 2 heterocycles. The summed E-state index contributed by atoms with van der Waals surface area (Å²) in [5, 5.41) is 4.86. The van der Waals surface area contributed by atoms with Crippen LogP contribution in [0.5, 0.6) is 0 Å². The fourth-order valence-corrected chi connectivity index (χ4v) is 3.13. The number of aryl methyl sites for hydroxylation is 1. The molecule has 4 heteroatoms. The van der Waals surface area contributed by atoms with E-state index in [9.17, 15) is 0 Å². The number of hydrogen-bond acceptors (Lipinski definition) is 4. The summed E-state index contributed by atoms with van der Waals surface area (Å²) in [6.07, 6.45) is 4.35. The molecule has 0 bridgehead atoms. The molecule has 0 radical (unpaired) electrons. The van der Waals surface area contributed by atoms with Gasteiger partial charge in [-0.15, -0.1) is 11.3 Å². The van der Waals surface area contributed by atoms with Crippen LogP contribution in [-0.2, 0) is 13.0 Å². The van der Waals surface area contributed by atoms with Crippen LogP contribution < -0.4 is 5.32 Å². The van der Waals surface area contributed by atoms with Gasteiger partial charge in [-0.25, -0.2) is 4.98 Å². The number of nitrogens with one attached hydrogen (secondary N) is 1. The van der Waals surface area contributed by atoms with Gasteiger partial charge in [0.2, 0.25) is 0 Å². The topological polar surface area (TPSA) is 28.2 Å². The smallest absolute Gasteiger partial charge is 0.107 e. The average Bonchev–Trinajstić information content (AvgIpc) is 2.80. The van der Waals surface area contributed by atoms with E-state index in [1.807, 2.05) is 17.5 Å². The van der Waals surface area contributed by atoms with Crippen molar-refractivity contribution in [2.75, 3.05) is 13.1 Å². The molecule has 0 aliphatic carbocycles. The molecule has 1 aromatic rings. The molecule has 2 unspecified atom stereocenters. The fraction of sp³-hybridized carbons (Fsp3) is 0.769. The van der Waals surface area contributed by atoms with Crippen molar-refractivity contribution in [1.82, 2.24) is 15.2 Å². The van der Waals surface area contributed by atoms with Crippen molar-refractivity contribution in [3.05, 3.63) is 16.1 Å². The van der Waals surface area contributed by atoms with E-state index in [1.165, 1.54) is 16.3 Å². The molecular formula is C13H23N3S. The van der Waals surface area contributed by atoms with E-state index in [2.05, 4.69) is 36.0 Å². The first kappa shape index (κ1) is 13.0. The highest BCUT2D eigenvalue weighted by Gasteiger charge is 2.24. The Morgan fingerprint density at radius 1 is 1.53 bits per heavy atom. The molecule has 2 atom stereocenters. The van der Waals surface area contributed by atoms with Crippen LogP contribution in [-0.4, -0.2) is 35.1 Å². The van der Waals surface area contributed by atoms with Crippen LogP contribution in [0.15, 0.2) is 6.20 Å². The van der Waals surface area contributed by atoms with E-state index >= 15 is 0 Å². The normalized spacial score (nSPS) is 26.3. The molecule has 1 aromatic heterocycles. The maximum atomic E-state index is 4.52. The van der Waals surface area contributed by atoms with Gasteiger partial charge in [0, 0.05) is 36.2 Å². The number of hydrogen-bond donors (Lipinski definition) is 1. The third-order valence-electron chi connectivity index (χ3n) is 3.56. The van der Waals surface area contributed by atoms with Crippen LogP contribution in [0.4, 0.5) is 0 Å². The van der Waals surface area contributed by atoms with Crippen molar-refractivity contribution in [2.24, 2.45) is 0 Å². The SMILES string of the molecule is CCc1cnc(CN2CC(CC)NCC2C)s1. The molecular weight excluding hydrogens is 230 g/mol. The zero-order valence-corrected chi connectivity index (χ0v) is 11.9. The van der Waals surface area contributed by atoms with Gasteiger partial charge in [0.05, 0.1) is 6.54 Å². The summed E-state index contributed by atoms with van der Waals surface area (Å²) >= 11 is 1.86. The second kappa shape index (κ2) is 5.94. The van der Waals surface area contributed by atoms with Gasteiger partial charge in [0.15, 0.2) is 0 Å². The van der Waals surface area contributed by atoms with Crippen LogP contribution in [0.25, 0.3) is 0 Å². The monoisotopic (exact) mass is 253 g/mol. The zero-order valence-electron chi connectivity index (χ0n) is 11.1. The Hall–Kier alpha value is -0.450. The van der Waals surface area contributed by atoms with E-state index < -0.39 is 0 Å². The van der Waals surface area contributed by atoms with Crippen molar-refractivity contribution in [3.63, 3.8) is 0 Å². The molecule has 0 spiro atoms. The molecule has 1 fully saturated rings. The summed E-state index contributed by atoms with van der Waals surface area (Å²) in [6, 6.07) is 1.27. The zero-order chi connectivity index (χ0) is 12.3. The highest BCUT2D eigenvalue weighted by atomic mass is 32.1. The summed E-state index contributed by atoms with van der Waals surface area (Å²) in [6.45, 7) is 10.0. The van der Waals surface area contributed by atoms with Crippen molar-refractivity contribution >= 4 is 11.3 Å². The third kappa shape index (κ3) is 3.27. The lowest BCUT2D eigenvalue weighted by molar-refractivity contribution is 0.131. The van der Waals surface area contributed by atoms with E-state index in [4.69, 9.17) is 0 Å². The summed E-state index contributed by atoms with van der Waals surface area (Å²) in [5.41, 5.74) is 0. The van der Waals surface area contributed by atoms with Gasteiger partial charge in [-0.2, -0.15) is 0 Å². The van der Waals surface area contributed by atoms with Crippen LogP contribution >= 0.6 is 11.3 Å². The summed E-state index contributed by atoms with van der Waals surface area (Å²) in [5.74, 6) is 0. The molecule has 1 aliphatic heterocycles. The second-order valence-corrected chi connectivity index (χ2v) is 6.07. The third-order valence-corrected chi connectivity index (χ3v) is 4.69. The Morgan fingerprint density at radius 3 is 3.00 bits per heavy atom. The predicted octanol–water partition coefficient (Wildman–Crippen LogP) is 2.28. The Balaban J connectivity index is 1.96. The largest absolute Gasteiger partial charge is 0.311 e. The Morgan fingerprint density at radius 2 is 2.35 bits per heavy atom. The number of aromatic nitrogens is 1. The predicted molar refractivity (Wildman–Crippen MR) is 73.4 cm³/mol.